The van der Waals surface area contributed by atoms with Crippen LogP contribution in [0, 0.1) is 11.3 Å². The Morgan fingerprint density at radius 3 is 2.62 bits per heavy atom. The molecule has 0 heterocycles. The van der Waals surface area contributed by atoms with Gasteiger partial charge in [-0.3, -0.25) is 4.21 Å². The summed E-state index contributed by atoms with van der Waals surface area (Å²) in [4.78, 5) is 0. The van der Waals surface area contributed by atoms with Gasteiger partial charge >= 0.3 is 0 Å². The Kier molecular flexibility index (Phi) is 4.99. The lowest BCUT2D eigenvalue weighted by molar-refractivity contribution is 0.230. The van der Waals surface area contributed by atoms with Crippen molar-refractivity contribution in [2.75, 3.05) is 5.75 Å². The van der Waals surface area contributed by atoms with E-state index >= 15 is 0 Å². The summed E-state index contributed by atoms with van der Waals surface area (Å²) in [5.74, 6) is 1.46. The molecule has 0 amide bonds. The molecule has 0 aromatic carbocycles. The zero-order valence-corrected chi connectivity index (χ0v) is 12.0. The van der Waals surface area contributed by atoms with E-state index < -0.39 is 10.8 Å². The Morgan fingerprint density at radius 1 is 1.44 bits per heavy atom. The van der Waals surface area contributed by atoms with Gasteiger partial charge in [-0.1, -0.05) is 27.7 Å². The average Bonchev–Trinajstić information content (AvgIpc) is 2.18. The van der Waals surface area contributed by atoms with Gasteiger partial charge in [0.05, 0.1) is 5.25 Å². The molecule has 0 saturated heterocycles. The minimum absolute atomic E-state index is 0.154. The summed E-state index contributed by atoms with van der Waals surface area (Å²) >= 11 is 0. The third-order valence-corrected chi connectivity index (χ3v) is 5.45. The molecule has 0 spiro atoms. The largest absolute Gasteiger partial charge is 0.327 e. The molecule has 1 fully saturated rings. The Hall–Kier alpha value is 0.110. The second-order valence-electron chi connectivity index (χ2n) is 6.38. The van der Waals surface area contributed by atoms with Crippen molar-refractivity contribution in [2.45, 2.75) is 64.7 Å². The smallest absolute Gasteiger partial charge is 0.0504 e. The maximum Gasteiger partial charge on any atom is 0.0504 e. The first-order valence-electron chi connectivity index (χ1n) is 6.44. The predicted molar refractivity (Wildman–Crippen MR) is 71.9 cm³/mol. The highest BCUT2D eigenvalue weighted by atomic mass is 32.2. The average molecular weight is 245 g/mol. The molecule has 0 aliphatic heterocycles. The van der Waals surface area contributed by atoms with Crippen LogP contribution in [-0.4, -0.2) is 21.3 Å². The van der Waals surface area contributed by atoms with E-state index in [-0.39, 0.29) is 11.3 Å². The molecule has 0 bridgehead atoms. The fraction of sp³-hybridized carbons (Fsp3) is 1.00. The van der Waals surface area contributed by atoms with Gasteiger partial charge in [0, 0.05) is 22.6 Å². The van der Waals surface area contributed by atoms with Crippen LogP contribution < -0.4 is 5.73 Å². The molecule has 1 rings (SSSR count). The van der Waals surface area contributed by atoms with E-state index in [0.717, 1.165) is 25.0 Å². The van der Waals surface area contributed by atoms with Crippen molar-refractivity contribution in [3.05, 3.63) is 0 Å². The van der Waals surface area contributed by atoms with Gasteiger partial charge < -0.3 is 5.73 Å². The van der Waals surface area contributed by atoms with E-state index in [9.17, 15) is 4.21 Å². The molecular weight excluding hydrogens is 218 g/mol. The van der Waals surface area contributed by atoms with Gasteiger partial charge in [0.25, 0.3) is 0 Å². The maximum absolute atomic E-state index is 12.2. The summed E-state index contributed by atoms with van der Waals surface area (Å²) in [6.07, 6.45) is 4.28. The first-order chi connectivity index (χ1) is 7.32. The van der Waals surface area contributed by atoms with E-state index in [4.69, 9.17) is 5.73 Å². The van der Waals surface area contributed by atoms with Crippen molar-refractivity contribution in [2.24, 2.45) is 17.1 Å². The van der Waals surface area contributed by atoms with Crippen molar-refractivity contribution in [1.82, 2.24) is 0 Å². The van der Waals surface area contributed by atoms with Crippen LogP contribution in [0.4, 0.5) is 0 Å². The van der Waals surface area contributed by atoms with Gasteiger partial charge in [-0.25, -0.2) is 0 Å². The lowest BCUT2D eigenvalue weighted by Crippen LogP contribution is -2.46. The Bertz CT molecular complexity index is 250. The highest BCUT2D eigenvalue weighted by molar-refractivity contribution is 7.85. The molecule has 0 aromatic rings. The Labute approximate surface area is 103 Å². The van der Waals surface area contributed by atoms with Crippen LogP contribution in [0.5, 0.6) is 0 Å². The van der Waals surface area contributed by atoms with Gasteiger partial charge in [0.1, 0.15) is 0 Å². The SMILES string of the molecule is CC(C)CCS(=O)C1CC(C)(C)CCC1N. The molecule has 16 heavy (non-hydrogen) atoms. The van der Waals surface area contributed by atoms with Crippen molar-refractivity contribution in [3.8, 4) is 0 Å². The van der Waals surface area contributed by atoms with Crippen LogP contribution >= 0.6 is 0 Å². The molecule has 96 valence electrons. The quantitative estimate of drug-likeness (QED) is 0.827. The molecule has 1 aliphatic rings. The summed E-state index contributed by atoms with van der Waals surface area (Å²) in [5, 5.41) is 0.225. The van der Waals surface area contributed by atoms with E-state index in [0.29, 0.717) is 11.3 Å². The molecule has 2 N–H and O–H groups in total. The molecule has 3 atom stereocenters. The molecule has 3 unspecified atom stereocenters. The monoisotopic (exact) mass is 245 g/mol. The molecule has 2 nitrogen and oxygen atoms in total. The zero-order valence-electron chi connectivity index (χ0n) is 11.2. The lowest BCUT2D eigenvalue weighted by Gasteiger charge is -2.38. The Morgan fingerprint density at radius 2 is 2.06 bits per heavy atom. The normalized spacial score (nSPS) is 31.6. The predicted octanol–water partition coefficient (Wildman–Crippen LogP) is 2.69. The van der Waals surface area contributed by atoms with Gasteiger partial charge in [0.2, 0.25) is 0 Å². The minimum atomic E-state index is -0.729. The molecule has 1 aliphatic carbocycles. The zero-order chi connectivity index (χ0) is 12.3. The molecule has 1 saturated carbocycles. The minimum Gasteiger partial charge on any atom is -0.327 e. The number of hydrogen-bond acceptors (Lipinski definition) is 2. The fourth-order valence-corrected chi connectivity index (χ4v) is 4.50. The second kappa shape index (κ2) is 5.63. The van der Waals surface area contributed by atoms with Gasteiger partial charge in [-0.05, 0) is 37.0 Å². The number of rotatable bonds is 4. The third kappa shape index (κ3) is 4.17. The van der Waals surface area contributed by atoms with Crippen LogP contribution in [0.1, 0.15) is 53.4 Å². The molecule has 0 aromatic heterocycles. The van der Waals surface area contributed by atoms with E-state index in [1.165, 1.54) is 6.42 Å². The van der Waals surface area contributed by atoms with E-state index in [1.807, 2.05) is 0 Å². The van der Waals surface area contributed by atoms with Gasteiger partial charge in [0.15, 0.2) is 0 Å². The lowest BCUT2D eigenvalue weighted by atomic mass is 9.75. The van der Waals surface area contributed by atoms with Gasteiger partial charge in [-0.15, -0.1) is 0 Å². The van der Waals surface area contributed by atoms with E-state index in [1.54, 1.807) is 0 Å². The molecule has 0 radical (unpaired) electrons. The molecule has 3 heteroatoms. The summed E-state index contributed by atoms with van der Waals surface area (Å²) in [5.41, 5.74) is 6.44. The number of nitrogens with two attached hydrogens (primary N) is 1. The Balaban J connectivity index is 2.52. The van der Waals surface area contributed by atoms with Crippen LogP contribution in [0.2, 0.25) is 0 Å². The number of hydrogen-bond donors (Lipinski definition) is 1. The van der Waals surface area contributed by atoms with Crippen LogP contribution in [0.25, 0.3) is 0 Å². The highest BCUT2D eigenvalue weighted by Crippen LogP contribution is 2.37. The maximum atomic E-state index is 12.2. The summed E-state index contributed by atoms with van der Waals surface area (Å²) in [7, 11) is -0.729. The standard InChI is InChI=1S/C13H27NOS/c1-10(2)6-8-16(15)12-9-13(3,4)7-5-11(12)14/h10-12H,5-9,14H2,1-4H3. The highest BCUT2D eigenvalue weighted by Gasteiger charge is 2.36. The first kappa shape index (κ1) is 14.2. The van der Waals surface area contributed by atoms with Crippen molar-refractivity contribution in [3.63, 3.8) is 0 Å². The van der Waals surface area contributed by atoms with Crippen LogP contribution in [-0.2, 0) is 10.8 Å². The van der Waals surface area contributed by atoms with Gasteiger partial charge in [-0.2, -0.15) is 0 Å². The fourth-order valence-electron chi connectivity index (χ4n) is 2.33. The summed E-state index contributed by atoms with van der Waals surface area (Å²) < 4.78 is 12.2. The van der Waals surface area contributed by atoms with Crippen molar-refractivity contribution < 1.29 is 4.21 Å². The van der Waals surface area contributed by atoms with Crippen molar-refractivity contribution in [1.29, 1.82) is 0 Å². The third-order valence-electron chi connectivity index (χ3n) is 3.62. The molecular formula is C13H27NOS. The van der Waals surface area contributed by atoms with E-state index in [2.05, 4.69) is 27.7 Å². The summed E-state index contributed by atoms with van der Waals surface area (Å²) in [6.45, 7) is 8.90. The van der Waals surface area contributed by atoms with Crippen LogP contribution in [0.3, 0.4) is 0 Å². The van der Waals surface area contributed by atoms with Crippen LogP contribution in [0.15, 0.2) is 0 Å². The summed E-state index contributed by atoms with van der Waals surface area (Å²) in [6, 6.07) is 0.154. The second-order valence-corrected chi connectivity index (χ2v) is 8.15. The topological polar surface area (TPSA) is 43.1 Å². The van der Waals surface area contributed by atoms with Crippen molar-refractivity contribution >= 4 is 10.8 Å². The first-order valence-corrected chi connectivity index (χ1v) is 7.83.